The number of halogens is 3. The average molecular weight is 1470 g/mol. The van der Waals surface area contributed by atoms with Crippen LogP contribution in [-0.4, -0.2) is 224 Å². The van der Waals surface area contributed by atoms with E-state index in [1.807, 2.05) is 14.7 Å². The molecular weight excluding hydrogens is 1390 g/mol. The van der Waals surface area contributed by atoms with E-state index in [0.29, 0.717) is 71.4 Å². The molecule has 95 heavy (non-hydrogen) atoms. The molecule has 3 aliphatic rings. The molecule has 6 aromatic heterocycles. The number of carbonyl (C=O) groups is 3. The Morgan fingerprint density at radius 3 is 1.00 bits per heavy atom. The Labute approximate surface area is 572 Å². The maximum Gasteiger partial charge on any atom is 0.480 e. The van der Waals surface area contributed by atoms with E-state index in [0.717, 1.165) is 34.0 Å². The van der Waals surface area contributed by atoms with Crippen LogP contribution in [0.2, 0.25) is 15.5 Å². The molecule has 6 aromatic rings. The Balaban J connectivity index is 0.970. The summed E-state index contributed by atoms with van der Waals surface area (Å²) in [5.74, 6) is -2.85. The zero-order valence-electron chi connectivity index (χ0n) is 53.5. The predicted molar refractivity (Wildman–Crippen MR) is 347 cm³/mol. The first-order valence-corrected chi connectivity index (χ1v) is 35.3. The summed E-state index contributed by atoms with van der Waals surface area (Å²) >= 11 is 23.6. The van der Waals surface area contributed by atoms with E-state index in [9.17, 15) is 45.0 Å². The zero-order chi connectivity index (χ0) is 68.9. The molecule has 0 spiro atoms. The number of phosphoric ester groups is 1. The number of aliphatic hydroxyl groups excluding tert-OH is 3. The number of nitrogens with one attached hydrogen (secondary N) is 3. The molecule has 3 fully saturated rings. The maximum atomic E-state index is 15.7. The molecule has 9 N–H and O–H groups in total. The number of hydrogen-bond acceptors (Lipinski definition) is 31. The van der Waals surface area contributed by atoms with Gasteiger partial charge in [-0.2, -0.15) is 0 Å². The summed E-state index contributed by atoms with van der Waals surface area (Å²) in [5, 5.41) is 96.7. The fourth-order valence-electron chi connectivity index (χ4n) is 10.9. The van der Waals surface area contributed by atoms with Crippen LogP contribution in [0.3, 0.4) is 0 Å². The van der Waals surface area contributed by atoms with Crippen LogP contribution in [-0.2, 0) is 88.6 Å². The van der Waals surface area contributed by atoms with Gasteiger partial charge in [-0.3, -0.25) is 41.7 Å². The molecule has 524 valence electrons. The lowest BCUT2D eigenvalue weighted by Crippen LogP contribution is -2.55. The van der Waals surface area contributed by atoms with Gasteiger partial charge in [0, 0.05) is 60.6 Å². The van der Waals surface area contributed by atoms with Crippen LogP contribution in [0.25, 0.3) is 0 Å². The third-order valence-corrected chi connectivity index (χ3v) is 22.5. The predicted octanol–water partition coefficient (Wildman–Crippen LogP) is 2.58. The minimum absolute atomic E-state index is 0.0690. The lowest BCUT2D eigenvalue weighted by Gasteiger charge is -2.37. The molecule has 34 nitrogen and oxygen atoms in total. The van der Waals surface area contributed by atoms with Crippen LogP contribution in [0.5, 0.6) is 0 Å². The number of aliphatic hydroxyl groups is 6. The van der Waals surface area contributed by atoms with Gasteiger partial charge in [0.05, 0.1) is 73.3 Å². The highest BCUT2D eigenvalue weighted by Gasteiger charge is 2.41. The highest BCUT2D eigenvalue weighted by atomic mass is 35.5. The van der Waals surface area contributed by atoms with Gasteiger partial charge in [-0.15, -0.1) is 30.6 Å². The number of ether oxygens (including phenoxy) is 3. The van der Waals surface area contributed by atoms with Gasteiger partial charge in [0.1, 0.15) is 37.0 Å². The molecule has 0 aliphatic carbocycles. The molecule has 9 atom stereocenters. The van der Waals surface area contributed by atoms with Crippen LogP contribution >= 0.6 is 76.6 Å². The number of aromatic nitrogens is 12. The van der Waals surface area contributed by atoms with Gasteiger partial charge in [0.25, 0.3) is 17.7 Å². The van der Waals surface area contributed by atoms with E-state index in [2.05, 4.69) is 61.5 Å². The van der Waals surface area contributed by atoms with E-state index in [1.165, 1.54) is 55.8 Å². The number of rotatable bonds is 30. The van der Waals surface area contributed by atoms with Crippen molar-refractivity contribution in [3.63, 3.8) is 0 Å². The molecule has 3 amide bonds. The quantitative estimate of drug-likeness (QED) is 0.0293. The van der Waals surface area contributed by atoms with Crippen molar-refractivity contribution in [3.8, 4) is 0 Å². The first-order chi connectivity index (χ1) is 45.2. The summed E-state index contributed by atoms with van der Waals surface area (Å²) in [4.78, 5) is 62.5. The van der Waals surface area contributed by atoms with Crippen molar-refractivity contribution in [1.82, 2.24) is 75.2 Å². The van der Waals surface area contributed by atoms with Gasteiger partial charge in [-0.25, -0.2) is 19.5 Å². The number of imidazole rings is 3. The molecule has 9 heterocycles. The van der Waals surface area contributed by atoms with Crippen molar-refractivity contribution in [3.05, 3.63) is 65.0 Å². The number of amides is 3. The minimum Gasteiger partial charge on any atom is -0.393 e. The van der Waals surface area contributed by atoms with Crippen molar-refractivity contribution in [2.75, 3.05) is 95.1 Å². The van der Waals surface area contributed by atoms with E-state index in [1.54, 1.807) is 20.8 Å². The van der Waals surface area contributed by atoms with Crippen LogP contribution in [0, 0.1) is 0 Å². The van der Waals surface area contributed by atoms with Gasteiger partial charge < -0.3 is 75.5 Å². The van der Waals surface area contributed by atoms with Gasteiger partial charge in [0.15, 0.2) is 30.5 Å². The van der Waals surface area contributed by atoms with Crippen LogP contribution in [0.15, 0.2) is 0 Å². The van der Waals surface area contributed by atoms with Crippen molar-refractivity contribution < 1.29 is 77.4 Å². The first kappa shape index (κ1) is 74.0. The minimum atomic E-state index is -5.09. The van der Waals surface area contributed by atoms with E-state index >= 15 is 4.57 Å². The highest BCUT2D eigenvalue weighted by Crippen LogP contribution is 2.51. The smallest absolute Gasteiger partial charge is 0.393 e. The number of nitrogens with zero attached hydrogens (tertiary/aromatic N) is 15. The number of methoxy groups -OCH3 is 3. The lowest BCUT2D eigenvalue weighted by atomic mass is 10.0. The molecule has 41 heteroatoms. The normalized spacial score (nSPS) is 21.6. The third kappa shape index (κ3) is 16.4. The standard InChI is InChI=1S/C54H78Cl3N18O16PS3/c1-10-31-37(55)61-40(43(79)58-28-13-16-70(19-34(28)86-7)49-67-64-46(93-49)52(4,82)22-76)73(31)25-89-92(85,90-26-74-32(11-2)38(56)62-41(74)44(80)59-29-14-17-71(20-35(29)87-8)50-68-65-47(94-50)53(5,83)23-77)91-27-75-33(12-3)39(57)63-42(75)45(81)60-30-15-18-72(21-36(30)88-9)51-69-66-48(95-51)54(6,84)24-78/h28-30,34-36,76-78,82-84H,10-27H2,1-9H3,(H,58,79)(H,59,80)(H,60,81)/t28-,29-,30-,34+,35+,36+,52-,53-,54-/m1/s1. The zero-order valence-corrected chi connectivity index (χ0v) is 59.1. The Morgan fingerprint density at radius 2 is 0.768 bits per heavy atom. The van der Waals surface area contributed by atoms with Gasteiger partial charge >= 0.3 is 7.82 Å². The van der Waals surface area contributed by atoms with Crippen LogP contribution in [0.4, 0.5) is 15.4 Å². The topological polar surface area (TPSA) is 422 Å². The summed E-state index contributed by atoms with van der Waals surface area (Å²) in [5.41, 5.74) is -3.92. The molecular formula is C54H78Cl3N18O16PS3. The first-order valence-electron chi connectivity index (χ1n) is 30.3. The summed E-state index contributed by atoms with van der Waals surface area (Å²) in [6.45, 7) is 7.54. The molecule has 0 aromatic carbocycles. The SMILES string of the molecule is CCc1c(Cl)nc(C(=O)N[C@@H]2CCN(c3nnc([C@](C)(O)CO)s3)C[C@@H]2OC)n1COP(=O)(OCn1c(C(=O)N[C@@H]2CCN(c3nnc([C@](C)(O)CO)s3)C[C@@H]2OC)nc(Cl)c1CC)OCn1c(C(=O)N[C@@H]2CCN(c3nnc([C@](C)(O)CO)s3)C[C@@H]2OC)nc(Cl)c1CC. The maximum absolute atomic E-state index is 15.7. The van der Waals surface area contributed by atoms with Gasteiger partial charge in [-0.05, 0) is 59.3 Å². The van der Waals surface area contributed by atoms with Gasteiger partial charge in [0.2, 0.25) is 32.9 Å². The molecule has 0 saturated carbocycles. The number of piperidine rings is 3. The van der Waals surface area contributed by atoms with Crippen molar-refractivity contribution in [2.45, 2.75) is 154 Å². The Morgan fingerprint density at radius 1 is 0.505 bits per heavy atom. The van der Waals surface area contributed by atoms with E-state index in [-0.39, 0.29) is 86.9 Å². The van der Waals surface area contributed by atoms with Crippen LogP contribution in [0.1, 0.15) is 125 Å². The van der Waals surface area contributed by atoms with Crippen molar-refractivity contribution in [2.24, 2.45) is 0 Å². The summed E-state index contributed by atoms with van der Waals surface area (Å²) in [7, 11) is -0.614. The molecule has 0 radical (unpaired) electrons. The number of anilines is 3. The molecule has 0 bridgehead atoms. The molecule has 3 saturated heterocycles. The number of hydrogen-bond donors (Lipinski definition) is 9. The highest BCUT2D eigenvalue weighted by molar-refractivity contribution is 7.48. The van der Waals surface area contributed by atoms with Crippen molar-refractivity contribution in [1.29, 1.82) is 0 Å². The fourth-order valence-corrected chi connectivity index (χ4v) is 15.6. The average Bonchev–Trinajstić information content (AvgIpc) is 1.72. The summed E-state index contributed by atoms with van der Waals surface area (Å²) in [6, 6.07) is -1.77. The third-order valence-electron chi connectivity index (χ3n) is 16.6. The lowest BCUT2D eigenvalue weighted by molar-refractivity contribution is -0.00306. The largest absolute Gasteiger partial charge is 0.480 e. The summed E-state index contributed by atoms with van der Waals surface area (Å²) in [6.07, 6.45) is -0.177. The van der Waals surface area contributed by atoms with E-state index < -0.39 is 119 Å². The van der Waals surface area contributed by atoms with Crippen LogP contribution < -0.4 is 30.7 Å². The van der Waals surface area contributed by atoms with Crippen molar-refractivity contribution >= 4 is 110 Å². The Bertz CT molecular complexity index is 3330. The fraction of sp³-hybridized carbons (Fsp3) is 0.667. The number of phosphoric acid groups is 1. The second-order valence-corrected chi connectivity index (χ2v) is 28.9. The van der Waals surface area contributed by atoms with E-state index in [4.69, 9.17) is 62.6 Å². The Hall–Kier alpha value is -5.26. The molecule has 3 aliphatic heterocycles. The van der Waals surface area contributed by atoms with Gasteiger partial charge in [-0.1, -0.05) is 89.6 Å². The number of carbonyl (C=O) groups excluding carboxylic acids is 3. The monoisotopic (exact) mass is 1470 g/mol. The summed E-state index contributed by atoms with van der Waals surface area (Å²) < 4.78 is 55.9. The molecule has 0 unspecified atom stereocenters. The second-order valence-electron chi connectivity index (χ2n) is 23.3. The molecule has 9 rings (SSSR count). The second kappa shape index (κ2) is 31.3. The Kier molecular flexibility index (Phi) is 24.4.